The molecule has 5 heteroatoms. The van der Waals surface area contributed by atoms with Crippen molar-refractivity contribution in [2.45, 2.75) is 19.9 Å². The highest BCUT2D eigenvalue weighted by molar-refractivity contribution is 5.76. The Kier molecular flexibility index (Phi) is 4.51. The number of rotatable bonds is 5. The normalized spacial score (nSPS) is 10.9. The standard InChI is InChI=1S/C19H20N2O3/c1-3-24-18(22)12-14-8-10-15(11-9-14)13-21-17-7-5-4-6-16(17)20(2)19(21)23/h4-11H,3,12-13H2,1-2H3. The number of imidazole rings is 1. The Labute approximate surface area is 140 Å². The van der Waals surface area contributed by atoms with Crippen LogP contribution in [0.1, 0.15) is 18.1 Å². The molecule has 0 saturated heterocycles. The highest BCUT2D eigenvalue weighted by atomic mass is 16.5. The molecule has 1 heterocycles. The largest absolute Gasteiger partial charge is 0.466 e. The van der Waals surface area contributed by atoms with Crippen LogP contribution in [0, 0.1) is 0 Å². The third-order valence-electron chi connectivity index (χ3n) is 4.07. The lowest BCUT2D eigenvalue weighted by Crippen LogP contribution is -2.22. The molecular weight excluding hydrogens is 304 g/mol. The molecule has 3 rings (SSSR count). The Bertz CT molecular complexity index is 920. The van der Waals surface area contributed by atoms with Gasteiger partial charge < -0.3 is 4.74 Å². The van der Waals surface area contributed by atoms with Crippen LogP contribution in [0.15, 0.2) is 53.3 Å². The molecule has 0 saturated carbocycles. The maximum Gasteiger partial charge on any atom is 0.329 e. The summed E-state index contributed by atoms with van der Waals surface area (Å²) in [6, 6.07) is 15.5. The van der Waals surface area contributed by atoms with Gasteiger partial charge in [0.25, 0.3) is 0 Å². The third-order valence-corrected chi connectivity index (χ3v) is 4.07. The van der Waals surface area contributed by atoms with Crippen molar-refractivity contribution in [1.82, 2.24) is 9.13 Å². The van der Waals surface area contributed by atoms with Crippen LogP contribution >= 0.6 is 0 Å². The number of hydrogen-bond donors (Lipinski definition) is 0. The monoisotopic (exact) mass is 324 g/mol. The lowest BCUT2D eigenvalue weighted by atomic mass is 10.1. The summed E-state index contributed by atoms with van der Waals surface area (Å²) >= 11 is 0. The number of nitrogens with zero attached hydrogens (tertiary/aromatic N) is 2. The topological polar surface area (TPSA) is 53.2 Å². The molecule has 0 bridgehead atoms. The van der Waals surface area contributed by atoms with Gasteiger partial charge in [-0.3, -0.25) is 13.9 Å². The molecule has 0 atom stereocenters. The Balaban J connectivity index is 1.83. The number of carbonyl (C=O) groups excluding carboxylic acids is 1. The maximum atomic E-state index is 12.4. The SMILES string of the molecule is CCOC(=O)Cc1ccc(Cn2c(=O)n(C)c3ccccc32)cc1. The van der Waals surface area contributed by atoms with Crippen LogP contribution in [0.3, 0.4) is 0 Å². The minimum Gasteiger partial charge on any atom is -0.466 e. The molecule has 0 N–H and O–H groups in total. The van der Waals surface area contributed by atoms with E-state index < -0.39 is 0 Å². The average Bonchev–Trinajstić information content (AvgIpc) is 2.82. The molecule has 0 radical (unpaired) electrons. The first-order valence-electron chi connectivity index (χ1n) is 7.98. The predicted octanol–water partition coefficient (Wildman–Crippen LogP) is 2.49. The van der Waals surface area contributed by atoms with Gasteiger partial charge in [-0.1, -0.05) is 36.4 Å². The van der Waals surface area contributed by atoms with E-state index in [9.17, 15) is 9.59 Å². The number of fused-ring (bicyclic) bond motifs is 1. The second-order valence-electron chi connectivity index (χ2n) is 5.71. The fraction of sp³-hybridized carbons (Fsp3) is 0.263. The van der Waals surface area contributed by atoms with Crippen molar-refractivity contribution in [3.63, 3.8) is 0 Å². The maximum absolute atomic E-state index is 12.4. The van der Waals surface area contributed by atoms with Crippen LogP contribution in [0.5, 0.6) is 0 Å². The summed E-state index contributed by atoms with van der Waals surface area (Å²) in [7, 11) is 1.78. The lowest BCUT2D eigenvalue weighted by Gasteiger charge is -2.06. The van der Waals surface area contributed by atoms with Gasteiger partial charge in [0, 0.05) is 7.05 Å². The molecule has 124 valence electrons. The summed E-state index contributed by atoms with van der Waals surface area (Å²) in [5.74, 6) is -0.226. The number of hydrogen-bond acceptors (Lipinski definition) is 3. The number of ether oxygens (including phenoxy) is 1. The second-order valence-corrected chi connectivity index (χ2v) is 5.71. The molecule has 2 aromatic carbocycles. The first-order chi connectivity index (χ1) is 11.6. The van der Waals surface area contributed by atoms with Gasteiger partial charge in [0.2, 0.25) is 0 Å². The predicted molar refractivity (Wildman–Crippen MR) is 93.1 cm³/mol. The number of carbonyl (C=O) groups is 1. The fourth-order valence-corrected chi connectivity index (χ4v) is 2.84. The number of esters is 1. The number of benzene rings is 2. The van der Waals surface area contributed by atoms with Gasteiger partial charge in [-0.15, -0.1) is 0 Å². The highest BCUT2D eigenvalue weighted by Gasteiger charge is 2.10. The zero-order valence-electron chi connectivity index (χ0n) is 13.9. The van der Waals surface area contributed by atoms with Gasteiger partial charge in [-0.2, -0.15) is 0 Å². The molecular formula is C19H20N2O3. The molecule has 0 aliphatic carbocycles. The van der Waals surface area contributed by atoms with E-state index in [1.165, 1.54) is 0 Å². The molecule has 3 aromatic rings. The van der Waals surface area contributed by atoms with Crippen LogP contribution < -0.4 is 5.69 Å². The van der Waals surface area contributed by atoms with Crippen LogP contribution in [0.25, 0.3) is 11.0 Å². The van der Waals surface area contributed by atoms with E-state index in [2.05, 4.69) is 0 Å². The van der Waals surface area contributed by atoms with Crippen LogP contribution in [-0.2, 0) is 29.5 Å². The van der Waals surface area contributed by atoms with Gasteiger partial charge in [-0.05, 0) is 30.2 Å². The highest BCUT2D eigenvalue weighted by Crippen LogP contribution is 2.14. The Morgan fingerprint density at radius 2 is 1.62 bits per heavy atom. The van der Waals surface area contributed by atoms with Crippen molar-refractivity contribution >= 4 is 17.0 Å². The van der Waals surface area contributed by atoms with Crippen LogP contribution in [-0.4, -0.2) is 21.7 Å². The van der Waals surface area contributed by atoms with Gasteiger partial charge in [0.05, 0.1) is 30.6 Å². The van der Waals surface area contributed by atoms with E-state index in [-0.39, 0.29) is 18.1 Å². The van der Waals surface area contributed by atoms with E-state index in [1.807, 2.05) is 48.5 Å². The lowest BCUT2D eigenvalue weighted by molar-refractivity contribution is -0.142. The van der Waals surface area contributed by atoms with Gasteiger partial charge in [0.1, 0.15) is 0 Å². The molecule has 0 fully saturated rings. The molecule has 0 aliphatic heterocycles. The van der Waals surface area contributed by atoms with Gasteiger partial charge in [-0.25, -0.2) is 4.79 Å². The summed E-state index contributed by atoms with van der Waals surface area (Å²) < 4.78 is 8.37. The summed E-state index contributed by atoms with van der Waals surface area (Å²) in [5.41, 5.74) is 3.72. The molecule has 24 heavy (non-hydrogen) atoms. The smallest absolute Gasteiger partial charge is 0.329 e. The Morgan fingerprint density at radius 1 is 1.00 bits per heavy atom. The zero-order chi connectivity index (χ0) is 17.1. The van der Waals surface area contributed by atoms with Crippen LogP contribution in [0.2, 0.25) is 0 Å². The Morgan fingerprint density at radius 3 is 2.29 bits per heavy atom. The van der Waals surface area contributed by atoms with Crippen molar-refractivity contribution < 1.29 is 9.53 Å². The molecule has 5 nitrogen and oxygen atoms in total. The summed E-state index contributed by atoms with van der Waals surface area (Å²) in [5, 5.41) is 0. The molecule has 0 amide bonds. The first kappa shape index (κ1) is 16.1. The minimum atomic E-state index is -0.226. The van der Waals surface area contributed by atoms with Crippen LogP contribution in [0.4, 0.5) is 0 Å². The van der Waals surface area contributed by atoms with Gasteiger partial charge in [0.15, 0.2) is 0 Å². The first-order valence-corrected chi connectivity index (χ1v) is 7.98. The van der Waals surface area contributed by atoms with E-state index >= 15 is 0 Å². The van der Waals surface area contributed by atoms with Crippen molar-refractivity contribution in [3.8, 4) is 0 Å². The second kappa shape index (κ2) is 6.74. The van der Waals surface area contributed by atoms with E-state index in [1.54, 1.807) is 23.1 Å². The minimum absolute atomic E-state index is 0.0354. The zero-order valence-corrected chi connectivity index (χ0v) is 13.9. The molecule has 0 aliphatic rings. The van der Waals surface area contributed by atoms with Gasteiger partial charge >= 0.3 is 11.7 Å². The Hall–Kier alpha value is -2.82. The van der Waals surface area contributed by atoms with E-state index in [4.69, 9.17) is 4.74 Å². The van der Waals surface area contributed by atoms with Crippen molar-refractivity contribution in [2.75, 3.05) is 6.61 Å². The average molecular weight is 324 g/mol. The van der Waals surface area contributed by atoms with Crippen molar-refractivity contribution in [1.29, 1.82) is 0 Å². The quantitative estimate of drug-likeness (QED) is 0.678. The summed E-state index contributed by atoms with van der Waals surface area (Å²) in [4.78, 5) is 24.0. The molecule has 1 aromatic heterocycles. The number of aromatic nitrogens is 2. The van der Waals surface area contributed by atoms with Crippen molar-refractivity contribution in [3.05, 3.63) is 70.1 Å². The molecule has 0 unspecified atom stereocenters. The van der Waals surface area contributed by atoms with Crippen molar-refractivity contribution in [2.24, 2.45) is 7.05 Å². The fourth-order valence-electron chi connectivity index (χ4n) is 2.84. The summed E-state index contributed by atoms with van der Waals surface area (Å²) in [6.45, 7) is 2.68. The van der Waals surface area contributed by atoms with E-state index in [0.29, 0.717) is 13.2 Å². The number of para-hydroxylation sites is 2. The summed E-state index contributed by atoms with van der Waals surface area (Å²) in [6.07, 6.45) is 0.266. The van der Waals surface area contributed by atoms with E-state index in [0.717, 1.165) is 22.2 Å². The molecule has 0 spiro atoms. The third kappa shape index (κ3) is 3.11. The number of aryl methyl sites for hydroxylation is 1.